The molecule has 8 rings (SSSR count). The fourth-order valence-corrected chi connectivity index (χ4v) is 14.8. The van der Waals surface area contributed by atoms with Crippen molar-refractivity contribution in [3.8, 4) is 0 Å². The van der Waals surface area contributed by atoms with Gasteiger partial charge in [-0.3, -0.25) is 4.79 Å². The van der Waals surface area contributed by atoms with Gasteiger partial charge in [0.15, 0.2) is 5.78 Å². The van der Waals surface area contributed by atoms with Gasteiger partial charge in [0.1, 0.15) is 12.2 Å². The molecule has 4 saturated carbocycles. The lowest BCUT2D eigenvalue weighted by molar-refractivity contribution is -0.178. The Kier molecular flexibility index (Phi) is 9.81. The van der Waals surface area contributed by atoms with Gasteiger partial charge in [-0.2, -0.15) is 0 Å². The Morgan fingerprint density at radius 1 is 0.906 bits per heavy atom. The third kappa shape index (κ3) is 5.94. The molecule has 0 bridgehead atoms. The topological polar surface area (TPSA) is 149 Å². The van der Waals surface area contributed by atoms with Gasteiger partial charge in [0.25, 0.3) is 0 Å². The van der Waals surface area contributed by atoms with Crippen LogP contribution in [-0.2, 0) is 9.53 Å². The number of nitrogens with one attached hydrogen (secondary N) is 1. The molecule has 53 heavy (non-hydrogen) atoms. The number of rotatable bonds is 10. The molecule has 0 spiro atoms. The molecule has 0 radical (unpaired) electrons. The Morgan fingerprint density at radius 3 is 2.36 bits per heavy atom. The number of carbonyl (C=O) groups excluding carboxylic acids is 1. The number of epoxide rings is 1. The van der Waals surface area contributed by atoms with E-state index in [9.17, 15) is 25.2 Å². The standard InChI is InChI=1S/C45H74N2O6/c1-40(2,19-16-27-18-21-47-34(46)22-27)44(6,51)39-38(53-39)43(5,50)33-23-29-14-15-31-36-35(41(3)20-17-30(48)24-32(41)37(31)49)28(25-42(33,4)45(29,36)52)13-12-26-10-8-7-9-11-26/h26-30,32-35,38-39,47-48,50-52H,7-25,46H2,1-6H3. The minimum Gasteiger partial charge on any atom is -0.393 e. The number of hydrogen-bond donors (Lipinski definition) is 6. The lowest BCUT2D eigenvalue weighted by atomic mass is 9.40. The fraction of sp³-hybridized carbons (Fsp3) is 0.933. The number of carbonyl (C=O) groups is 1. The summed E-state index contributed by atoms with van der Waals surface area (Å²) in [6.07, 6.45) is 16.4. The largest absolute Gasteiger partial charge is 0.393 e. The SMILES string of the molecule is CC(O)(C1OC1C(C)(O)C(C)(C)CCC1CCNC(N)C1)C1CC2CCC3=C4C(C(CCC5CCCCC5)CC1(C)C42O)C1(C)CCC(O)CC1C3=O. The van der Waals surface area contributed by atoms with E-state index in [1.165, 1.54) is 38.5 Å². The molecule has 6 aliphatic carbocycles. The van der Waals surface area contributed by atoms with Crippen molar-refractivity contribution in [2.24, 2.45) is 63.4 Å². The highest BCUT2D eigenvalue weighted by Crippen LogP contribution is 2.75. The summed E-state index contributed by atoms with van der Waals surface area (Å²) < 4.78 is 6.46. The average Bonchev–Trinajstić information content (AvgIpc) is 3.90. The third-order valence-electron chi connectivity index (χ3n) is 18.4. The first-order valence-corrected chi connectivity index (χ1v) is 22.1. The Hall–Kier alpha value is -0.870. The molecule has 0 aromatic rings. The van der Waals surface area contributed by atoms with Crippen LogP contribution in [0.4, 0.5) is 0 Å². The molecular formula is C45H74N2O6. The highest BCUT2D eigenvalue weighted by Gasteiger charge is 2.77. The zero-order chi connectivity index (χ0) is 37.9. The molecule has 300 valence electrons. The maximum atomic E-state index is 14.6. The summed E-state index contributed by atoms with van der Waals surface area (Å²) in [6, 6.07) is 0. The van der Waals surface area contributed by atoms with Crippen LogP contribution >= 0.6 is 0 Å². The van der Waals surface area contributed by atoms with E-state index in [-0.39, 0.29) is 41.0 Å². The van der Waals surface area contributed by atoms with Crippen LogP contribution in [0.5, 0.6) is 0 Å². The molecule has 0 aromatic carbocycles. The number of fused-ring (bicyclic) bond motifs is 2. The predicted molar refractivity (Wildman–Crippen MR) is 206 cm³/mol. The normalized spacial score (nSPS) is 48.1. The van der Waals surface area contributed by atoms with Crippen molar-refractivity contribution in [2.45, 2.75) is 198 Å². The Balaban J connectivity index is 1.10. The van der Waals surface area contributed by atoms with Gasteiger partial charge in [0, 0.05) is 11.3 Å². The average molecular weight is 739 g/mol. The number of aliphatic hydroxyl groups is 4. The zero-order valence-electron chi connectivity index (χ0n) is 34.0. The molecule has 0 aromatic heterocycles. The Bertz CT molecular complexity index is 1450. The van der Waals surface area contributed by atoms with Gasteiger partial charge < -0.3 is 36.2 Å². The van der Waals surface area contributed by atoms with Crippen LogP contribution in [0.1, 0.15) is 157 Å². The summed E-state index contributed by atoms with van der Waals surface area (Å²) >= 11 is 0. The van der Waals surface area contributed by atoms with E-state index >= 15 is 0 Å². The van der Waals surface area contributed by atoms with Gasteiger partial charge in [-0.15, -0.1) is 0 Å². The monoisotopic (exact) mass is 739 g/mol. The molecule has 8 aliphatic rings. The smallest absolute Gasteiger partial charge is 0.162 e. The second-order valence-electron chi connectivity index (χ2n) is 21.7. The van der Waals surface area contributed by atoms with Gasteiger partial charge in [-0.1, -0.05) is 66.2 Å². The molecule has 8 heteroatoms. The van der Waals surface area contributed by atoms with Crippen molar-refractivity contribution in [1.82, 2.24) is 5.32 Å². The number of ketones is 1. The molecule has 6 fully saturated rings. The van der Waals surface area contributed by atoms with Crippen LogP contribution in [0.2, 0.25) is 0 Å². The lowest BCUT2D eigenvalue weighted by Gasteiger charge is -2.65. The molecule has 2 heterocycles. The van der Waals surface area contributed by atoms with Gasteiger partial charge in [0.05, 0.1) is 29.1 Å². The summed E-state index contributed by atoms with van der Waals surface area (Å²) in [7, 11) is 0. The first-order chi connectivity index (χ1) is 24.9. The highest BCUT2D eigenvalue weighted by molar-refractivity contribution is 6.00. The van der Waals surface area contributed by atoms with E-state index in [1.54, 1.807) is 0 Å². The van der Waals surface area contributed by atoms with Gasteiger partial charge in [-0.05, 0) is 155 Å². The van der Waals surface area contributed by atoms with Crippen LogP contribution in [0.25, 0.3) is 0 Å². The minimum atomic E-state index is -1.27. The molecule has 2 saturated heterocycles. The van der Waals surface area contributed by atoms with Crippen LogP contribution < -0.4 is 11.1 Å². The quantitative estimate of drug-likeness (QED) is 0.138. The van der Waals surface area contributed by atoms with E-state index in [4.69, 9.17) is 10.5 Å². The van der Waals surface area contributed by atoms with Crippen molar-refractivity contribution in [1.29, 1.82) is 0 Å². The number of allylic oxidation sites excluding steroid dienone is 1. The Morgan fingerprint density at radius 2 is 1.64 bits per heavy atom. The fourth-order valence-electron chi connectivity index (χ4n) is 14.8. The highest BCUT2D eigenvalue weighted by atomic mass is 16.6. The second-order valence-corrected chi connectivity index (χ2v) is 21.7. The van der Waals surface area contributed by atoms with Crippen LogP contribution in [0, 0.1) is 57.7 Å². The second kappa shape index (κ2) is 13.3. The summed E-state index contributed by atoms with van der Waals surface area (Å²) in [5.74, 6) is 1.44. The summed E-state index contributed by atoms with van der Waals surface area (Å²) in [5.41, 5.74) is 3.20. The van der Waals surface area contributed by atoms with Crippen molar-refractivity contribution < 1.29 is 30.0 Å². The molecular weight excluding hydrogens is 665 g/mol. The maximum absolute atomic E-state index is 14.6. The number of Topliss-reactive ketones (excluding diaryl/α,β-unsaturated/α-hetero) is 1. The van der Waals surface area contributed by atoms with Crippen molar-refractivity contribution in [2.75, 3.05) is 6.54 Å². The van der Waals surface area contributed by atoms with Gasteiger partial charge >= 0.3 is 0 Å². The first-order valence-electron chi connectivity index (χ1n) is 22.1. The third-order valence-corrected chi connectivity index (χ3v) is 18.4. The summed E-state index contributed by atoms with van der Waals surface area (Å²) in [5, 5.41) is 53.0. The molecule has 15 atom stereocenters. The van der Waals surface area contributed by atoms with Crippen molar-refractivity contribution in [3.05, 3.63) is 11.1 Å². The molecule has 8 nitrogen and oxygen atoms in total. The van der Waals surface area contributed by atoms with E-state index in [1.807, 2.05) is 13.8 Å². The first kappa shape index (κ1) is 39.0. The van der Waals surface area contributed by atoms with E-state index in [0.29, 0.717) is 37.5 Å². The predicted octanol–water partition coefficient (Wildman–Crippen LogP) is 6.56. The van der Waals surface area contributed by atoms with Crippen LogP contribution in [-0.4, -0.2) is 74.0 Å². The number of nitrogens with two attached hydrogens (primary N) is 1. The molecule has 15 unspecified atom stereocenters. The maximum Gasteiger partial charge on any atom is 0.162 e. The summed E-state index contributed by atoms with van der Waals surface area (Å²) in [4.78, 5) is 14.6. The molecule has 0 amide bonds. The van der Waals surface area contributed by atoms with Crippen molar-refractivity contribution in [3.63, 3.8) is 0 Å². The summed E-state index contributed by atoms with van der Waals surface area (Å²) in [6.45, 7) is 13.6. The van der Waals surface area contributed by atoms with Gasteiger partial charge in [-0.25, -0.2) is 0 Å². The lowest BCUT2D eigenvalue weighted by Crippen LogP contribution is -2.66. The molecule has 7 N–H and O–H groups in total. The number of aliphatic hydroxyl groups excluding tert-OH is 1. The van der Waals surface area contributed by atoms with E-state index < -0.39 is 45.9 Å². The van der Waals surface area contributed by atoms with E-state index in [0.717, 1.165) is 75.0 Å². The van der Waals surface area contributed by atoms with Crippen molar-refractivity contribution >= 4 is 5.78 Å². The van der Waals surface area contributed by atoms with Gasteiger partial charge in [0.2, 0.25) is 0 Å². The zero-order valence-corrected chi connectivity index (χ0v) is 34.0. The molecule has 2 aliphatic heterocycles. The number of ether oxygens (including phenoxy) is 1. The van der Waals surface area contributed by atoms with Crippen LogP contribution in [0.15, 0.2) is 11.1 Å². The van der Waals surface area contributed by atoms with Crippen LogP contribution in [0.3, 0.4) is 0 Å². The Labute approximate surface area is 319 Å². The number of hydrogen-bond acceptors (Lipinski definition) is 8. The van der Waals surface area contributed by atoms with E-state index in [2.05, 4.69) is 33.0 Å². The minimum absolute atomic E-state index is 0.0304. The number of piperidine rings is 1.